The van der Waals surface area contributed by atoms with Crippen LogP contribution in [0.3, 0.4) is 0 Å². The third-order valence-electron chi connectivity index (χ3n) is 2.61. The molecule has 1 fully saturated rings. The van der Waals surface area contributed by atoms with Crippen molar-refractivity contribution in [3.8, 4) is 0 Å². The van der Waals surface area contributed by atoms with Crippen molar-refractivity contribution in [3.63, 3.8) is 0 Å². The first-order valence-electron chi connectivity index (χ1n) is 4.80. The molecule has 0 aromatic carbocycles. The van der Waals surface area contributed by atoms with Gasteiger partial charge in [-0.15, -0.1) is 0 Å². The number of rotatable bonds is 3. The smallest absolute Gasteiger partial charge is 0.200 e. The minimum Gasteiger partial charge on any atom is -0.366 e. The molecule has 0 unspecified atom stereocenters. The molecule has 0 saturated heterocycles. The Kier molecular flexibility index (Phi) is 2.74. The number of pyridine rings is 1. The number of aromatic nitrogens is 1. The van der Waals surface area contributed by atoms with E-state index < -0.39 is 0 Å². The van der Waals surface area contributed by atoms with Crippen LogP contribution in [0.5, 0.6) is 0 Å². The molecular formula is C10H13BrN2O. The highest BCUT2D eigenvalue weighted by atomic mass is 79.9. The van der Waals surface area contributed by atoms with Crippen molar-refractivity contribution in [1.82, 2.24) is 4.98 Å². The van der Waals surface area contributed by atoms with Gasteiger partial charge in [0.2, 0.25) is 0 Å². The summed E-state index contributed by atoms with van der Waals surface area (Å²) in [4.78, 5) is 14.6. The van der Waals surface area contributed by atoms with Gasteiger partial charge in [0.1, 0.15) is 0 Å². The van der Waals surface area contributed by atoms with Crippen LogP contribution in [-0.4, -0.2) is 4.98 Å². The Morgan fingerprint density at radius 2 is 2.29 bits per heavy atom. The second-order valence-electron chi connectivity index (χ2n) is 3.87. The third-order valence-corrected chi connectivity index (χ3v) is 3.20. The Bertz CT molecular complexity index is 384. The van der Waals surface area contributed by atoms with Crippen molar-refractivity contribution in [3.05, 3.63) is 32.7 Å². The van der Waals surface area contributed by atoms with Crippen LogP contribution in [0.4, 0.5) is 0 Å². The quantitative estimate of drug-likeness (QED) is 0.869. The van der Waals surface area contributed by atoms with Gasteiger partial charge in [-0.05, 0) is 28.3 Å². The molecule has 1 aliphatic carbocycles. The van der Waals surface area contributed by atoms with Gasteiger partial charge >= 0.3 is 0 Å². The largest absolute Gasteiger partial charge is 0.366 e. The highest BCUT2D eigenvalue weighted by Crippen LogP contribution is 2.36. The highest BCUT2D eigenvalue weighted by molar-refractivity contribution is 9.10. The van der Waals surface area contributed by atoms with Crippen LogP contribution < -0.4 is 11.2 Å². The molecular weight excluding hydrogens is 244 g/mol. The summed E-state index contributed by atoms with van der Waals surface area (Å²) in [6.45, 7) is 0. The fourth-order valence-corrected chi connectivity index (χ4v) is 1.95. The first-order valence-corrected chi connectivity index (χ1v) is 5.60. The Morgan fingerprint density at radius 1 is 1.57 bits per heavy atom. The number of hydrogen-bond acceptors (Lipinski definition) is 2. The predicted molar refractivity (Wildman–Crippen MR) is 59.0 cm³/mol. The zero-order valence-electron chi connectivity index (χ0n) is 7.79. The van der Waals surface area contributed by atoms with Crippen molar-refractivity contribution in [1.29, 1.82) is 0 Å². The molecule has 0 amide bonds. The molecule has 0 radical (unpaired) electrons. The molecule has 76 valence electrons. The molecule has 3 nitrogen and oxygen atoms in total. The van der Waals surface area contributed by atoms with Crippen molar-refractivity contribution in [2.75, 3.05) is 0 Å². The molecule has 3 N–H and O–H groups in total. The van der Waals surface area contributed by atoms with Gasteiger partial charge in [0.25, 0.3) is 0 Å². The Morgan fingerprint density at radius 3 is 2.93 bits per heavy atom. The van der Waals surface area contributed by atoms with Crippen LogP contribution in [0.25, 0.3) is 0 Å². The zero-order valence-corrected chi connectivity index (χ0v) is 9.38. The summed E-state index contributed by atoms with van der Waals surface area (Å²) in [5, 5.41) is 0. The molecule has 14 heavy (non-hydrogen) atoms. The molecule has 1 heterocycles. The predicted octanol–water partition coefficient (Wildman–Crippen LogP) is 1.94. The Labute approximate surface area is 90.8 Å². The molecule has 1 atom stereocenters. The van der Waals surface area contributed by atoms with E-state index in [1.54, 1.807) is 12.4 Å². The summed E-state index contributed by atoms with van der Waals surface area (Å²) in [5.74, 6) is 0.739. The molecule has 1 saturated carbocycles. The van der Waals surface area contributed by atoms with E-state index in [9.17, 15) is 4.79 Å². The summed E-state index contributed by atoms with van der Waals surface area (Å²) in [6, 6.07) is -0.122. The third kappa shape index (κ3) is 2.07. The molecule has 4 heteroatoms. The number of nitrogens with two attached hydrogens (primary N) is 1. The van der Waals surface area contributed by atoms with Crippen LogP contribution in [0.1, 0.15) is 30.9 Å². The van der Waals surface area contributed by atoms with Gasteiger partial charge < -0.3 is 10.7 Å². The van der Waals surface area contributed by atoms with Crippen molar-refractivity contribution < 1.29 is 0 Å². The summed E-state index contributed by atoms with van der Waals surface area (Å²) in [7, 11) is 0. The van der Waals surface area contributed by atoms with Gasteiger partial charge in [-0.3, -0.25) is 4.79 Å². The van der Waals surface area contributed by atoms with Crippen LogP contribution >= 0.6 is 15.9 Å². The van der Waals surface area contributed by atoms with Crippen molar-refractivity contribution >= 4 is 15.9 Å². The average Bonchev–Trinajstić information content (AvgIpc) is 2.93. The van der Waals surface area contributed by atoms with E-state index in [2.05, 4.69) is 20.9 Å². The van der Waals surface area contributed by atoms with Crippen molar-refractivity contribution in [2.24, 2.45) is 11.7 Å². The second kappa shape index (κ2) is 3.87. The molecule has 0 bridgehead atoms. The lowest BCUT2D eigenvalue weighted by Gasteiger charge is -2.10. The van der Waals surface area contributed by atoms with Crippen LogP contribution in [0, 0.1) is 5.92 Å². The molecule has 0 spiro atoms. The molecule has 1 aliphatic rings. The standard InChI is InChI=1S/C10H13BrN2O/c11-8-5-13-4-7(10(8)14)9(12)3-6-1-2-6/h4-6,9H,1-3,12H2,(H,13,14)/t9-/m0/s1. The lowest BCUT2D eigenvalue weighted by atomic mass is 10.0. The number of hydrogen-bond donors (Lipinski definition) is 2. The van der Waals surface area contributed by atoms with Gasteiger partial charge in [0, 0.05) is 24.0 Å². The first-order chi connectivity index (χ1) is 6.68. The SMILES string of the molecule is N[C@@H](CC1CC1)c1c[nH]cc(Br)c1=O. The highest BCUT2D eigenvalue weighted by Gasteiger charge is 2.25. The van der Waals surface area contributed by atoms with Gasteiger partial charge in [-0.1, -0.05) is 12.8 Å². The summed E-state index contributed by atoms with van der Waals surface area (Å²) in [5.41, 5.74) is 6.66. The average molecular weight is 257 g/mol. The first kappa shape index (κ1) is 9.93. The van der Waals surface area contributed by atoms with Gasteiger partial charge in [0.15, 0.2) is 5.43 Å². The monoisotopic (exact) mass is 256 g/mol. The van der Waals surface area contributed by atoms with E-state index in [-0.39, 0.29) is 11.5 Å². The second-order valence-corrected chi connectivity index (χ2v) is 4.73. The maximum Gasteiger partial charge on any atom is 0.200 e. The molecule has 1 aromatic rings. The maximum atomic E-state index is 11.7. The van der Waals surface area contributed by atoms with Gasteiger partial charge in [-0.2, -0.15) is 0 Å². The molecule has 0 aliphatic heterocycles. The van der Waals surface area contributed by atoms with E-state index >= 15 is 0 Å². The minimum absolute atomic E-state index is 0.0110. The molecule has 1 aromatic heterocycles. The van der Waals surface area contributed by atoms with Crippen LogP contribution in [-0.2, 0) is 0 Å². The Balaban J connectivity index is 2.21. The summed E-state index contributed by atoms with van der Waals surface area (Å²) in [6.07, 6.45) is 6.80. The number of nitrogens with one attached hydrogen (secondary N) is 1. The van der Waals surface area contributed by atoms with Gasteiger partial charge in [-0.25, -0.2) is 0 Å². The number of aromatic amines is 1. The van der Waals surface area contributed by atoms with Crippen molar-refractivity contribution in [2.45, 2.75) is 25.3 Å². The lowest BCUT2D eigenvalue weighted by molar-refractivity contribution is 0.592. The Hall–Kier alpha value is -0.610. The fraction of sp³-hybridized carbons (Fsp3) is 0.500. The van der Waals surface area contributed by atoms with Crippen LogP contribution in [0.2, 0.25) is 0 Å². The lowest BCUT2D eigenvalue weighted by Crippen LogP contribution is -2.21. The minimum atomic E-state index is -0.122. The maximum absolute atomic E-state index is 11.7. The molecule has 2 rings (SSSR count). The zero-order chi connectivity index (χ0) is 10.1. The van der Waals surface area contributed by atoms with E-state index in [1.807, 2.05) is 0 Å². The number of halogens is 1. The van der Waals surface area contributed by atoms with E-state index in [1.165, 1.54) is 12.8 Å². The van der Waals surface area contributed by atoms with E-state index in [4.69, 9.17) is 5.73 Å². The van der Waals surface area contributed by atoms with E-state index in [0.29, 0.717) is 10.0 Å². The van der Waals surface area contributed by atoms with E-state index in [0.717, 1.165) is 12.3 Å². The van der Waals surface area contributed by atoms with Crippen LogP contribution in [0.15, 0.2) is 21.7 Å². The van der Waals surface area contributed by atoms with Gasteiger partial charge in [0.05, 0.1) is 4.47 Å². The number of H-pyrrole nitrogens is 1. The summed E-state index contributed by atoms with van der Waals surface area (Å²) >= 11 is 3.20. The topological polar surface area (TPSA) is 58.9 Å². The normalized spacial score (nSPS) is 18.1. The fourth-order valence-electron chi connectivity index (χ4n) is 1.59. The summed E-state index contributed by atoms with van der Waals surface area (Å²) < 4.78 is 0.557.